The Morgan fingerprint density at radius 1 is 0.308 bits per heavy atom. The molecule has 0 aliphatic carbocycles. The van der Waals surface area contributed by atoms with Crippen molar-refractivity contribution in [1.29, 1.82) is 0 Å². The number of sulfonamides is 3. The van der Waals surface area contributed by atoms with E-state index in [0.717, 1.165) is 56.1 Å². The maximum Gasteiger partial charge on any atom is 0.335 e. The zero-order chi connectivity index (χ0) is 94.6. The van der Waals surface area contributed by atoms with Crippen LogP contribution in [-0.4, -0.2) is 101 Å². The number of rotatable bonds is 26. The quantitative estimate of drug-likeness (QED) is 0.0336. The minimum absolute atomic E-state index is 0.0109. The van der Waals surface area contributed by atoms with E-state index in [4.69, 9.17) is 126 Å². The van der Waals surface area contributed by atoms with Gasteiger partial charge in [0.25, 0.3) is 30.1 Å². The highest BCUT2D eigenvalue weighted by Crippen LogP contribution is 2.42. The van der Waals surface area contributed by atoms with Crippen molar-refractivity contribution < 1.29 is 85.5 Å². The largest absolute Gasteiger partial charge is 0.505 e. The van der Waals surface area contributed by atoms with Gasteiger partial charge in [-0.3, -0.25) is 14.2 Å². The summed E-state index contributed by atoms with van der Waals surface area (Å²) in [4.78, 5) is 10.6. The smallest absolute Gasteiger partial charge is 0.335 e. The van der Waals surface area contributed by atoms with E-state index < -0.39 is 66.4 Å². The fourth-order valence-corrected chi connectivity index (χ4v) is 22.0. The molecule has 14 aromatic rings. The van der Waals surface area contributed by atoms with Crippen LogP contribution in [0.1, 0.15) is 32.6 Å². The molecule has 5 N–H and O–H groups in total. The molecule has 0 bridgehead atoms. The van der Waals surface area contributed by atoms with Crippen molar-refractivity contribution in [2.45, 2.75) is 49.8 Å². The van der Waals surface area contributed by atoms with Gasteiger partial charge in [0, 0.05) is 41.3 Å². The number of carbonyl (C=O) groups is 1. The van der Waals surface area contributed by atoms with E-state index in [-0.39, 0.29) is 94.0 Å². The summed E-state index contributed by atoms with van der Waals surface area (Å²) in [6, 6.07) is 82.7. The van der Waals surface area contributed by atoms with Crippen LogP contribution in [-0.2, 0) is 61.3 Å². The van der Waals surface area contributed by atoms with Crippen LogP contribution in [0.5, 0.6) is 40.2 Å². The van der Waals surface area contributed by atoms with Gasteiger partial charge in [-0.2, -0.15) is 0 Å². The SMILES string of the molecule is COc1cc(-c2ccccc2)ccc1NS(=O)(=O)c1cc(Cl)cc(Cl)c1C.COc1ccc(-c2ccccc2)cc1CS(=O)(=O)c1cc(Cl)cc(Cl)c1.COc1ccc(-c2ccccc2)cc1CS(=O)(=O)c1cccc(C(=O)O)c1.COc1ccc(-c2ccccc2)cc1NS(=O)(=O)c1cc(Cl)cc(Cl)c1OC.COc1ccc(C)cc1NS(=O)(=O)c1cc(Cl)cc(Cl)c1O. The zero-order valence-electron chi connectivity index (χ0n) is 70.0. The number of ether oxygens (including phenoxy) is 6. The number of aromatic carboxylic acids is 1. The number of hydrogen-bond donors (Lipinski definition) is 5. The van der Waals surface area contributed by atoms with Crippen molar-refractivity contribution in [1.82, 2.24) is 0 Å². The number of hydrogen-bond acceptors (Lipinski definition) is 18. The minimum Gasteiger partial charge on any atom is -0.505 e. The molecule has 0 atom stereocenters. The maximum absolute atomic E-state index is 13.0. The van der Waals surface area contributed by atoms with Crippen molar-refractivity contribution in [2.24, 2.45) is 0 Å². The lowest BCUT2D eigenvalue weighted by Crippen LogP contribution is -2.15. The highest BCUT2D eigenvalue weighted by atomic mass is 35.5. The standard InChI is InChI=1S/C21H18O5S.C20H17Cl2NO4S.C20H17Cl2NO3S.C20H16Cl2O3S.C14H13Cl2NO4S/c1-26-20-11-10-16(15-6-3-2-4-7-15)12-18(20)14-27(24,25)19-9-5-8-17(13-19)21(22)23;1-26-18-9-8-14(13-6-4-3-5-7-13)10-17(18)23-28(24,25)19-12-15(21)11-16(22)20(19)27-2;1-13-17(22)11-16(21)12-20(13)27(24,25)23-18-9-8-15(10-19(18)26-2)14-6-4-3-5-7-14;1-25-20-8-7-15(14-5-3-2-4-6-14)9-16(20)13-26(23,24)19-11-17(21)10-18(22)12-19;1-8-3-4-12(21-2)11(5-8)17-22(19,20)13-7-9(15)6-10(16)14(13)18/h2-13H,14H2,1H3,(H,22,23);3-12,23H,1-2H3;3-12,23H,1-2H3;2-12H,13H2,1H3;3-7,17-18H,1-2H3. The second-order valence-electron chi connectivity index (χ2n) is 28.0. The lowest BCUT2D eigenvalue weighted by molar-refractivity contribution is 0.0696. The van der Waals surface area contributed by atoms with E-state index >= 15 is 0 Å². The van der Waals surface area contributed by atoms with Gasteiger partial charge in [-0.05, 0) is 203 Å². The van der Waals surface area contributed by atoms with E-state index in [0.29, 0.717) is 51.1 Å². The van der Waals surface area contributed by atoms with Crippen LogP contribution in [0.15, 0.2) is 316 Å². The fourth-order valence-electron chi connectivity index (χ4n) is 12.8. The van der Waals surface area contributed by atoms with Crippen LogP contribution in [0.4, 0.5) is 17.1 Å². The number of carboxylic acid groups (broad SMARTS) is 1. The topological polar surface area (TPSA) is 320 Å². The Morgan fingerprint density at radius 2 is 0.677 bits per heavy atom. The molecule has 0 radical (unpaired) electrons. The van der Waals surface area contributed by atoms with Crippen molar-refractivity contribution in [3.05, 3.63) is 359 Å². The molecule has 0 aliphatic heterocycles. The molecule has 676 valence electrons. The van der Waals surface area contributed by atoms with Crippen molar-refractivity contribution in [3.8, 4) is 84.8 Å². The Bertz CT molecular complexity index is 7050. The number of carboxylic acids is 1. The lowest BCUT2D eigenvalue weighted by atomic mass is 10.0. The van der Waals surface area contributed by atoms with Gasteiger partial charge in [-0.15, -0.1) is 0 Å². The van der Waals surface area contributed by atoms with Gasteiger partial charge in [0.05, 0.1) is 102 Å². The third-order valence-corrected chi connectivity index (χ3v) is 28.7. The van der Waals surface area contributed by atoms with Crippen LogP contribution < -0.4 is 42.6 Å². The van der Waals surface area contributed by atoms with Crippen molar-refractivity contribution in [2.75, 3.05) is 56.8 Å². The number of methoxy groups -OCH3 is 6. The highest BCUT2D eigenvalue weighted by molar-refractivity contribution is 7.93. The molecule has 14 aromatic carbocycles. The lowest BCUT2D eigenvalue weighted by Gasteiger charge is -2.16. The first kappa shape index (κ1) is 101. The average Bonchev–Trinajstić information content (AvgIpc) is 0.787. The number of phenols is 1. The van der Waals surface area contributed by atoms with Gasteiger partial charge < -0.3 is 38.6 Å². The van der Waals surface area contributed by atoms with Gasteiger partial charge in [-0.1, -0.05) is 251 Å². The minimum atomic E-state index is -4.09. The molecule has 0 fully saturated rings. The molecule has 35 heteroatoms. The van der Waals surface area contributed by atoms with Gasteiger partial charge >= 0.3 is 5.97 Å². The number of phenolic OH excluding ortho intramolecular Hbond substituents is 1. The van der Waals surface area contributed by atoms with Gasteiger partial charge in [0.1, 0.15) is 38.5 Å². The third kappa shape index (κ3) is 26.5. The van der Waals surface area contributed by atoms with Crippen molar-refractivity contribution >= 4 is 166 Å². The molecule has 130 heavy (non-hydrogen) atoms. The molecule has 0 amide bonds. The molecule has 0 spiro atoms. The van der Waals surface area contributed by atoms with E-state index in [9.17, 15) is 52.0 Å². The maximum atomic E-state index is 13.0. The Balaban J connectivity index is 0.000000169. The monoisotopic (exact) mass is 2010 g/mol. The first-order valence-corrected chi connectivity index (χ1v) is 49.0. The predicted molar refractivity (Wildman–Crippen MR) is 518 cm³/mol. The summed E-state index contributed by atoms with van der Waals surface area (Å²) < 4.78 is 167. The van der Waals surface area contributed by atoms with Crippen LogP contribution in [0.2, 0.25) is 40.2 Å². The summed E-state index contributed by atoms with van der Waals surface area (Å²) in [5, 5.41) is 20.3. The Morgan fingerprint density at radius 3 is 1.14 bits per heavy atom. The van der Waals surface area contributed by atoms with Gasteiger partial charge in [-0.25, -0.2) is 46.9 Å². The predicted octanol–water partition coefficient (Wildman–Crippen LogP) is 24.8. The number of anilines is 3. The van der Waals surface area contributed by atoms with E-state index in [1.807, 2.05) is 159 Å². The van der Waals surface area contributed by atoms with Gasteiger partial charge in [0.2, 0.25) is 0 Å². The number of sulfone groups is 2. The average molecular weight is 2010 g/mol. The van der Waals surface area contributed by atoms with Crippen LogP contribution >= 0.6 is 92.8 Å². The number of aromatic hydroxyl groups is 1. The number of aryl methyl sites for hydroxylation is 1. The molecule has 0 unspecified atom stereocenters. The summed E-state index contributed by atoms with van der Waals surface area (Å²) >= 11 is 47.6. The molecular weight excluding hydrogens is 1930 g/mol. The summed E-state index contributed by atoms with van der Waals surface area (Å²) in [7, 11) is -10.7. The molecule has 0 saturated heterocycles. The van der Waals surface area contributed by atoms with E-state index in [1.165, 1.54) is 115 Å². The van der Waals surface area contributed by atoms with Crippen molar-refractivity contribution in [3.63, 3.8) is 0 Å². The molecule has 0 aliphatic rings. The molecule has 14 rings (SSSR count). The first-order valence-electron chi connectivity index (χ1n) is 38.3. The molecule has 0 aromatic heterocycles. The fraction of sp³-hybridized carbons (Fsp3) is 0.105. The molecule has 0 saturated carbocycles. The summed E-state index contributed by atoms with van der Waals surface area (Å²) in [5.41, 5.74) is 10.6. The Kier molecular flexibility index (Phi) is 34.8. The highest BCUT2D eigenvalue weighted by Gasteiger charge is 2.29. The third-order valence-electron chi connectivity index (χ3n) is 19.1. The summed E-state index contributed by atoms with van der Waals surface area (Å²) in [5.74, 6) is -0.123. The van der Waals surface area contributed by atoms with E-state index in [1.54, 1.807) is 67.6 Å². The summed E-state index contributed by atoms with van der Waals surface area (Å²) in [6.07, 6.45) is 0. The molecule has 22 nitrogen and oxygen atoms in total. The molecule has 0 heterocycles. The normalized spacial score (nSPS) is 11.2. The summed E-state index contributed by atoms with van der Waals surface area (Å²) in [6.45, 7) is 3.44. The Hall–Kier alpha value is -11.4. The number of nitrogens with one attached hydrogen (secondary N) is 3. The second kappa shape index (κ2) is 45.0. The first-order chi connectivity index (χ1) is 61.7. The Labute approximate surface area is 794 Å². The zero-order valence-corrected chi connectivity index (χ0v) is 80.2. The molecular formula is C95H81Cl8N3O19S5. The van der Waals surface area contributed by atoms with Gasteiger partial charge in [0.15, 0.2) is 31.2 Å². The van der Waals surface area contributed by atoms with E-state index in [2.05, 4.69) is 14.2 Å². The second-order valence-corrected chi connectivity index (χ2v) is 40.3. The van der Waals surface area contributed by atoms with Crippen LogP contribution in [0.3, 0.4) is 0 Å². The van der Waals surface area contributed by atoms with Crippen LogP contribution in [0, 0.1) is 13.8 Å². The number of halogens is 8. The van der Waals surface area contributed by atoms with Crippen LogP contribution in [0.25, 0.3) is 44.5 Å². The number of benzene rings is 14.